The number of nitrogens with one attached hydrogen (secondary N) is 1. The molecule has 0 saturated heterocycles. The van der Waals surface area contributed by atoms with Crippen LogP contribution in [0.1, 0.15) is 23.2 Å². The predicted molar refractivity (Wildman–Crippen MR) is 105 cm³/mol. The second-order valence-electron chi connectivity index (χ2n) is 6.18. The largest absolute Gasteiger partial charge is 0.343 e. The quantitative estimate of drug-likeness (QED) is 0.590. The van der Waals surface area contributed by atoms with Gasteiger partial charge in [-0.2, -0.15) is 0 Å². The number of fused-ring (bicyclic) bond motifs is 2. The molecule has 1 amide bonds. The number of nitrogens with zero attached hydrogens (tertiary/aromatic N) is 3. The molecule has 2 aromatic heterocycles. The van der Waals surface area contributed by atoms with Gasteiger partial charge in [0.25, 0.3) is 5.91 Å². The smallest absolute Gasteiger partial charge is 0.269 e. The molecule has 0 aliphatic carbocycles. The SMILES string of the molecule is CCn1c(CNC(=O)c2c(Cl)c3ccccc3n2C)nc2ccccc21. The van der Waals surface area contributed by atoms with Gasteiger partial charge in [0.1, 0.15) is 11.5 Å². The minimum Gasteiger partial charge on any atom is -0.343 e. The number of carbonyl (C=O) groups excluding carboxylic acids is 1. The first-order chi connectivity index (χ1) is 12.6. The number of aryl methyl sites for hydroxylation is 2. The van der Waals surface area contributed by atoms with E-state index in [0.717, 1.165) is 34.3 Å². The van der Waals surface area contributed by atoms with Gasteiger partial charge in [-0.25, -0.2) is 4.98 Å². The summed E-state index contributed by atoms with van der Waals surface area (Å²) in [7, 11) is 1.85. The molecule has 4 rings (SSSR count). The minimum absolute atomic E-state index is 0.205. The third-order valence-electron chi connectivity index (χ3n) is 4.72. The molecule has 6 heteroatoms. The molecule has 2 aromatic carbocycles. The molecule has 0 saturated carbocycles. The monoisotopic (exact) mass is 366 g/mol. The summed E-state index contributed by atoms with van der Waals surface area (Å²) in [4.78, 5) is 17.4. The van der Waals surface area contributed by atoms with Crippen LogP contribution in [-0.2, 0) is 20.1 Å². The Hall–Kier alpha value is -2.79. The Kier molecular flexibility index (Phi) is 4.17. The van der Waals surface area contributed by atoms with Crippen LogP contribution in [0.25, 0.3) is 21.9 Å². The lowest BCUT2D eigenvalue weighted by Crippen LogP contribution is -2.26. The molecule has 0 spiro atoms. The van der Waals surface area contributed by atoms with E-state index in [1.807, 2.05) is 60.1 Å². The maximum atomic E-state index is 12.8. The summed E-state index contributed by atoms with van der Waals surface area (Å²) in [6.07, 6.45) is 0. The number of halogens is 1. The number of amides is 1. The molecule has 4 aromatic rings. The van der Waals surface area contributed by atoms with Crippen LogP contribution in [0.4, 0.5) is 0 Å². The predicted octanol–water partition coefficient (Wildman–Crippen LogP) is 4.13. The highest BCUT2D eigenvalue weighted by molar-refractivity contribution is 6.38. The number of imidazole rings is 1. The number of hydrogen-bond donors (Lipinski definition) is 1. The van der Waals surface area contributed by atoms with Crippen molar-refractivity contribution in [3.05, 3.63) is 65.1 Å². The highest BCUT2D eigenvalue weighted by Gasteiger charge is 2.20. The molecule has 0 aliphatic rings. The van der Waals surface area contributed by atoms with Crippen LogP contribution in [0.3, 0.4) is 0 Å². The fraction of sp³-hybridized carbons (Fsp3) is 0.200. The van der Waals surface area contributed by atoms with Crippen molar-refractivity contribution in [3.8, 4) is 0 Å². The van der Waals surface area contributed by atoms with Gasteiger partial charge >= 0.3 is 0 Å². The van der Waals surface area contributed by atoms with Crippen molar-refractivity contribution in [2.24, 2.45) is 7.05 Å². The first-order valence-electron chi connectivity index (χ1n) is 8.57. The highest BCUT2D eigenvalue weighted by Crippen LogP contribution is 2.29. The molecular formula is C20H19ClN4O. The van der Waals surface area contributed by atoms with E-state index in [9.17, 15) is 4.79 Å². The maximum absolute atomic E-state index is 12.8. The van der Waals surface area contributed by atoms with Gasteiger partial charge in [0, 0.05) is 24.5 Å². The van der Waals surface area contributed by atoms with Crippen molar-refractivity contribution < 1.29 is 4.79 Å². The zero-order chi connectivity index (χ0) is 18.3. The Balaban J connectivity index is 1.64. The first kappa shape index (κ1) is 16.7. The van der Waals surface area contributed by atoms with Crippen molar-refractivity contribution in [3.63, 3.8) is 0 Å². The molecule has 0 aliphatic heterocycles. The Morgan fingerprint density at radius 1 is 1.12 bits per heavy atom. The number of rotatable bonds is 4. The van der Waals surface area contributed by atoms with Crippen LogP contribution in [-0.4, -0.2) is 20.0 Å². The average Bonchev–Trinajstić information content (AvgIpc) is 3.15. The van der Waals surface area contributed by atoms with Gasteiger partial charge in [-0.05, 0) is 25.1 Å². The molecule has 26 heavy (non-hydrogen) atoms. The summed E-state index contributed by atoms with van der Waals surface area (Å²) < 4.78 is 3.94. The molecule has 132 valence electrons. The topological polar surface area (TPSA) is 51.9 Å². The van der Waals surface area contributed by atoms with E-state index in [4.69, 9.17) is 11.6 Å². The van der Waals surface area contributed by atoms with Gasteiger partial charge in [-0.15, -0.1) is 0 Å². The summed E-state index contributed by atoms with van der Waals surface area (Å²) >= 11 is 6.46. The maximum Gasteiger partial charge on any atom is 0.269 e. The molecule has 0 fully saturated rings. The minimum atomic E-state index is -0.205. The lowest BCUT2D eigenvalue weighted by atomic mass is 10.2. The number of para-hydroxylation sites is 3. The van der Waals surface area contributed by atoms with E-state index in [0.29, 0.717) is 17.3 Å². The summed E-state index contributed by atoms with van der Waals surface area (Å²) in [5.74, 6) is 0.625. The number of benzene rings is 2. The molecule has 1 N–H and O–H groups in total. The third-order valence-corrected chi connectivity index (χ3v) is 5.10. The van der Waals surface area contributed by atoms with E-state index in [1.54, 1.807) is 0 Å². The van der Waals surface area contributed by atoms with Gasteiger partial charge in [-0.3, -0.25) is 4.79 Å². The molecule has 0 bridgehead atoms. The number of hydrogen-bond acceptors (Lipinski definition) is 2. The number of carbonyl (C=O) groups is 1. The molecule has 0 atom stereocenters. The molecular weight excluding hydrogens is 348 g/mol. The first-order valence-corrected chi connectivity index (χ1v) is 8.95. The number of aromatic nitrogens is 3. The van der Waals surface area contributed by atoms with E-state index in [-0.39, 0.29) is 5.91 Å². The normalized spacial score (nSPS) is 11.3. The van der Waals surface area contributed by atoms with Gasteiger partial charge in [0.2, 0.25) is 0 Å². The van der Waals surface area contributed by atoms with Crippen LogP contribution >= 0.6 is 11.6 Å². The Labute approximate surface area is 156 Å². The standard InChI is InChI=1S/C20H19ClN4O/c1-3-25-16-11-7-5-9-14(16)23-17(25)12-22-20(26)19-18(21)13-8-4-6-10-15(13)24(19)2/h4-11H,3,12H2,1-2H3,(H,22,26). The summed E-state index contributed by atoms with van der Waals surface area (Å²) in [6.45, 7) is 3.21. The van der Waals surface area contributed by atoms with Crippen LogP contribution < -0.4 is 5.32 Å². The second-order valence-corrected chi connectivity index (χ2v) is 6.56. The van der Waals surface area contributed by atoms with Crippen LogP contribution in [0.2, 0.25) is 5.02 Å². The third kappa shape index (κ3) is 2.56. The zero-order valence-electron chi connectivity index (χ0n) is 14.7. The summed E-state index contributed by atoms with van der Waals surface area (Å²) in [5, 5.41) is 4.32. The molecule has 0 radical (unpaired) electrons. The lowest BCUT2D eigenvalue weighted by molar-refractivity contribution is 0.0942. The van der Waals surface area contributed by atoms with Crippen molar-refractivity contribution >= 4 is 39.4 Å². The van der Waals surface area contributed by atoms with Crippen molar-refractivity contribution in [1.29, 1.82) is 0 Å². The van der Waals surface area contributed by atoms with Crippen LogP contribution in [0.5, 0.6) is 0 Å². The Morgan fingerprint density at radius 3 is 2.54 bits per heavy atom. The van der Waals surface area contributed by atoms with E-state index in [1.165, 1.54) is 0 Å². The van der Waals surface area contributed by atoms with E-state index < -0.39 is 0 Å². The highest BCUT2D eigenvalue weighted by atomic mass is 35.5. The molecule has 5 nitrogen and oxygen atoms in total. The van der Waals surface area contributed by atoms with Crippen molar-refractivity contribution in [2.75, 3.05) is 0 Å². The Morgan fingerprint density at radius 2 is 1.81 bits per heavy atom. The van der Waals surface area contributed by atoms with Crippen molar-refractivity contribution in [2.45, 2.75) is 20.0 Å². The zero-order valence-corrected chi connectivity index (χ0v) is 15.4. The van der Waals surface area contributed by atoms with Gasteiger partial charge < -0.3 is 14.5 Å². The van der Waals surface area contributed by atoms with E-state index in [2.05, 4.69) is 21.8 Å². The average molecular weight is 367 g/mol. The summed E-state index contributed by atoms with van der Waals surface area (Å²) in [5.41, 5.74) is 3.40. The summed E-state index contributed by atoms with van der Waals surface area (Å²) in [6, 6.07) is 15.7. The van der Waals surface area contributed by atoms with E-state index >= 15 is 0 Å². The fourth-order valence-corrected chi connectivity index (χ4v) is 3.83. The van der Waals surface area contributed by atoms with Crippen LogP contribution in [0, 0.1) is 0 Å². The van der Waals surface area contributed by atoms with Crippen molar-refractivity contribution in [1.82, 2.24) is 19.4 Å². The fourth-order valence-electron chi connectivity index (χ4n) is 3.46. The van der Waals surface area contributed by atoms with Gasteiger partial charge in [0.15, 0.2) is 0 Å². The van der Waals surface area contributed by atoms with Gasteiger partial charge in [-0.1, -0.05) is 41.9 Å². The lowest BCUT2D eigenvalue weighted by Gasteiger charge is -2.09. The van der Waals surface area contributed by atoms with Gasteiger partial charge in [0.05, 0.1) is 22.6 Å². The molecule has 0 unspecified atom stereocenters. The second kappa shape index (κ2) is 6.50. The van der Waals surface area contributed by atoms with Crippen LogP contribution in [0.15, 0.2) is 48.5 Å². The Bertz CT molecular complexity index is 1090. The molecule has 2 heterocycles.